The van der Waals surface area contributed by atoms with Crippen molar-refractivity contribution in [1.29, 1.82) is 0 Å². The molecule has 1 aromatic rings. The molecule has 4 nitrogen and oxygen atoms in total. The fourth-order valence-corrected chi connectivity index (χ4v) is 3.90. The van der Waals surface area contributed by atoms with Crippen LogP contribution in [0.5, 0.6) is 5.75 Å². The fourth-order valence-electron chi connectivity index (χ4n) is 3.70. The number of likely N-dealkylation sites (tertiary alicyclic amines) is 1. The maximum Gasteiger partial charge on any atom is 0.264 e. The Hall–Kier alpha value is -0.970. The van der Waals surface area contributed by atoms with Gasteiger partial charge < -0.3 is 15.0 Å². The van der Waals surface area contributed by atoms with Gasteiger partial charge in [-0.1, -0.05) is 11.6 Å². The number of amides is 1. The molecule has 3 aliphatic heterocycles. The molecule has 0 aromatic heterocycles. The average Bonchev–Trinajstić information content (AvgIpc) is 3.01. The van der Waals surface area contributed by atoms with Crippen LogP contribution in [0.1, 0.15) is 24.8 Å². The van der Waals surface area contributed by atoms with Gasteiger partial charge in [-0.2, -0.15) is 0 Å². The molecule has 4 rings (SSSR count). The second kappa shape index (κ2) is 6.26. The summed E-state index contributed by atoms with van der Waals surface area (Å²) >= 11 is 6.00. The Balaban J connectivity index is 0.00000144. The van der Waals surface area contributed by atoms with E-state index in [9.17, 15) is 4.79 Å². The first-order valence-corrected chi connectivity index (χ1v) is 8.07. The molecule has 0 saturated carbocycles. The predicted octanol–water partition coefficient (Wildman–Crippen LogP) is 2.42. The van der Waals surface area contributed by atoms with Crippen LogP contribution in [-0.2, 0) is 11.2 Å². The first kappa shape index (κ1) is 15.9. The van der Waals surface area contributed by atoms with Crippen LogP contribution in [-0.4, -0.2) is 42.1 Å². The smallest absolute Gasteiger partial charge is 0.264 e. The van der Waals surface area contributed by atoms with Gasteiger partial charge in [-0.15, -0.1) is 12.4 Å². The first-order valence-electron chi connectivity index (χ1n) is 7.69. The Morgan fingerprint density at radius 2 is 2.09 bits per heavy atom. The second-order valence-corrected chi connectivity index (χ2v) is 6.71. The van der Waals surface area contributed by atoms with E-state index in [1.54, 1.807) is 0 Å². The Labute approximate surface area is 141 Å². The highest BCUT2D eigenvalue weighted by molar-refractivity contribution is 6.30. The largest absolute Gasteiger partial charge is 0.480 e. The summed E-state index contributed by atoms with van der Waals surface area (Å²) in [7, 11) is 0. The van der Waals surface area contributed by atoms with Gasteiger partial charge in [-0.3, -0.25) is 4.79 Å². The molecule has 3 aliphatic rings. The number of nitrogens with one attached hydrogen (secondary N) is 1. The van der Waals surface area contributed by atoms with Crippen molar-refractivity contribution >= 4 is 29.9 Å². The van der Waals surface area contributed by atoms with Crippen molar-refractivity contribution in [1.82, 2.24) is 10.2 Å². The molecule has 0 aliphatic carbocycles. The van der Waals surface area contributed by atoms with E-state index in [-0.39, 0.29) is 24.4 Å². The van der Waals surface area contributed by atoms with E-state index in [1.807, 2.05) is 23.1 Å². The van der Waals surface area contributed by atoms with Crippen LogP contribution in [0.2, 0.25) is 5.02 Å². The molecule has 22 heavy (non-hydrogen) atoms. The molecule has 6 heteroatoms. The van der Waals surface area contributed by atoms with Gasteiger partial charge in [-0.25, -0.2) is 0 Å². The number of benzene rings is 1. The lowest BCUT2D eigenvalue weighted by Gasteiger charge is -2.26. The molecule has 1 amide bonds. The highest BCUT2D eigenvalue weighted by atomic mass is 35.5. The molecule has 1 aromatic carbocycles. The van der Waals surface area contributed by atoms with Crippen molar-refractivity contribution in [2.45, 2.75) is 43.9 Å². The zero-order valence-corrected chi connectivity index (χ0v) is 13.8. The van der Waals surface area contributed by atoms with Crippen LogP contribution in [0.3, 0.4) is 0 Å². The highest BCUT2D eigenvalue weighted by Gasteiger charge is 2.36. The van der Waals surface area contributed by atoms with Gasteiger partial charge in [0.25, 0.3) is 5.91 Å². The van der Waals surface area contributed by atoms with Crippen molar-refractivity contribution < 1.29 is 9.53 Å². The third-order valence-corrected chi connectivity index (χ3v) is 5.04. The molecule has 120 valence electrons. The van der Waals surface area contributed by atoms with E-state index >= 15 is 0 Å². The van der Waals surface area contributed by atoms with Gasteiger partial charge in [0.05, 0.1) is 0 Å². The molecular formula is C16H20Cl2N2O2. The molecule has 3 heterocycles. The van der Waals surface area contributed by atoms with Crippen molar-refractivity contribution in [3.63, 3.8) is 0 Å². The average molecular weight is 343 g/mol. The Bertz CT molecular complexity index is 581. The van der Waals surface area contributed by atoms with Gasteiger partial charge in [0.1, 0.15) is 5.75 Å². The van der Waals surface area contributed by atoms with Crippen molar-refractivity contribution in [3.05, 3.63) is 28.8 Å². The number of hydrogen-bond acceptors (Lipinski definition) is 3. The minimum Gasteiger partial charge on any atom is -0.480 e. The summed E-state index contributed by atoms with van der Waals surface area (Å²) in [5.74, 6) is 0.920. The quantitative estimate of drug-likeness (QED) is 0.852. The number of hydrogen-bond donors (Lipinski definition) is 1. The summed E-state index contributed by atoms with van der Waals surface area (Å²) in [6.45, 7) is 1.65. The molecule has 3 atom stereocenters. The number of carbonyl (C=O) groups is 1. The molecule has 1 N–H and O–H groups in total. The maximum absolute atomic E-state index is 12.7. The lowest BCUT2D eigenvalue weighted by atomic mass is 10.1. The summed E-state index contributed by atoms with van der Waals surface area (Å²) < 4.78 is 5.83. The van der Waals surface area contributed by atoms with E-state index in [1.165, 1.54) is 12.8 Å². The summed E-state index contributed by atoms with van der Waals surface area (Å²) in [5.41, 5.74) is 1.04. The van der Waals surface area contributed by atoms with Crippen LogP contribution >= 0.6 is 24.0 Å². The standard InChI is InChI=1S/C16H19ClN2O2.ClH/c17-11-1-4-14-10(7-11)8-15(21-14)16(20)19-6-5-12-2-3-13(9-19)18-12;/h1,4,7,12-13,15,18H,2-3,5-6,8-9H2;1H. The minimum absolute atomic E-state index is 0. The van der Waals surface area contributed by atoms with Crippen LogP contribution in [0, 0.1) is 0 Å². The third kappa shape index (κ3) is 2.92. The number of carbonyl (C=O) groups excluding carboxylic acids is 1. The molecule has 2 fully saturated rings. The summed E-state index contributed by atoms with van der Waals surface area (Å²) in [5, 5.41) is 4.30. The number of rotatable bonds is 1. The predicted molar refractivity (Wildman–Crippen MR) is 88.0 cm³/mol. The molecular weight excluding hydrogens is 323 g/mol. The number of ether oxygens (including phenoxy) is 1. The Kier molecular flexibility index (Phi) is 4.53. The van der Waals surface area contributed by atoms with Crippen LogP contribution in [0.4, 0.5) is 0 Å². The maximum atomic E-state index is 12.7. The minimum atomic E-state index is -0.380. The van der Waals surface area contributed by atoms with Gasteiger partial charge in [-0.05, 0) is 43.0 Å². The molecule has 0 spiro atoms. The summed E-state index contributed by atoms with van der Waals surface area (Å²) in [6.07, 6.45) is 3.72. The highest BCUT2D eigenvalue weighted by Crippen LogP contribution is 2.32. The number of fused-ring (bicyclic) bond motifs is 3. The zero-order valence-electron chi connectivity index (χ0n) is 12.3. The van der Waals surface area contributed by atoms with E-state index in [4.69, 9.17) is 16.3 Å². The van der Waals surface area contributed by atoms with Gasteiger partial charge in [0.2, 0.25) is 0 Å². The monoisotopic (exact) mass is 342 g/mol. The van der Waals surface area contributed by atoms with Gasteiger partial charge in [0, 0.05) is 36.6 Å². The van der Waals surface area contributed by atoms with Crippen molar-refractivity contribution in [2.24, 2.45) is 0 Å². The third-order valence-electron chi connectivity index (χ3n) is 4.81. The molecule has 0 radical (unpaired) electrons. The zero-order chi connectivity index (χ0) is 14.4. The summed E-state index contributed by atoms with van der Waals surface area (Å²) in [6, 6.07) is 6.61. The van der Waals surface area contributed by atoms with Crippen molar-refractivity contribution in [3.8, 4) is 5.75 Å². The van der Waals surface area contributed by atoms with Gasteiger partial charge in [0.15, 0.2) is 6.10 Å². The molecule has 3 unspecified atom stereocenters. The van der Waals surface area contributed by atoms with E-state index in [2.05, 4.69) is 5.32 Å². The van der Waals surface area contributed by atoms with Crippen LogP contribution in [0.15, 0.2) is 18.2 Å². The molecule has 2 bridgehead atoms. The van der Waals surface area contributed by atoms with E-state index in [0.29, 0.717) is 23.5 Å². The lowest BCUT2D eigenvalue weighted by molar-refractivity contribution is -0.138. The first-order chi connectivity index (χ1) is 10.2. The summed E-state index contributed by atoms with van der Waals surface area (Å²) in [4.78, 5) is 14.7. The van der Waals surface area contributed by atoms with Crippen molar-refractivity contribution in [2.75, 3.05) is 13.1 Å². The van der Waals surface area contributed by atoms with E-state index < -0.39 is 0 Å². The topological polar surface area (TPSA) is 41.6 Å². The normalized spacial score (nSPS) is 29.3. The van der Waals surface area contributed by atoms with Crippen LogP contribution < -0.4 is 10.1 Å². The fraction of sp³-hybridized carbons (Fsp3) is 0.562. The Morgan fingerprint density at radius 3 is 2.95 bits per heavy atom. The lowest BCUT2D eigenvalue weighted by Crippen LogP contribution is -2.45. The molecule has 2 saturated heterocycles. The number of halogens is 2. The van der Waals surface area contributed by atoms with Gasteiger partial charge >= 0.3 is 0 Å². The SMILES string of the molecule is Cl.O=C(C1Cc2cc(Cl)ccc2O1)N1CCC2CCC(C1)N2. The Morgan fingerprint density at radius 1 is 1.27 bits per heavy atom. The second-order valence-electron chi connectivity index (χ2n) is 6.27. The van der Waals surface area contributed by atoms with E-state index in [0.717, 1.165) is 30.8 Å². The van der Waals surface area contributed by atoms with Crippen LogP contribution in [0.25, 0.3) is 0 Å². The number of nitrogens with zero attached hydrogens (tertiary/aromatic N) is 1.